The van der Waals surface area contributed by atoms with Gasteiger partial charge in [0, 0.05) is 6.04 Å². The van der Waals surface area contributed by atoms with E-state index in [4.69, 9.17) is 4.42 Å². The Bertz CT molecular complexity index is 313. The van der Waals surface area contributed by atoms with Crippen molar-refractivity contribution < 1.29 is 9.52 Å². The van der Waals surface area contributed by atoms with E-state index < -0.39 is 0 Å². The van der Waals surface area contributed by atoms with Gasteiger partial charge in [-0.3, -0.25) is 0 Å². The number of hydrogen-bond acceptors (Lipinski definition) is 3. The second kappa shape index (κ2) is 5.14. The van der Waals surface area contributed by atoms with Gasteiger partial charge in [-0.25, -0.2) is 0 Å². The quantitative estimate of drug-likeness (QED) is 0.889. The van der Waals surface area contributed by atoms with Gasteiger partial charge in [-0.15, -0.1) is 0 Å². The first kappa shape index (κ1) is 11.2. The molecule has 0 spiro atoms. The third-order valence-electron chi connectivity index (χ3n) is 2.90. The average Bonchev–Trinajstić information content (AvgIpc) is 2.63. The van der Waals surface area contributed by atoms with Gasteiger partial charge in [0.15, 0.2) is 4.67 Å². The maximum atomic E-state index is 9.75. The van der Waals surface area contributed by atoms with E-state index in [1.165, 1.54) is 6.42 Å². The summed E-state index contributed by atoms with van der Waals surface area (Å²) in [5.74, 6) is 0.902. The van der Waals surface area contributed by atoms with Gasteiger partial charge in [0.2, 0.25) is 0 Å². The normalized spacial score (nSPS) is 26.8. The first-order valence-electron chi connectivity index (χ1n) is 5.41. The van der Waals surface area contributed by atoms with Gasteiger partial charge >= 0.3 is 0 Å². The van der Waals surface area contributed by atoms with Crippen molar-refractivity contribution >= 4 is 15.9 Å². The molecule has 2 rings (SSSR count). The zero-order valence-corrected chi connectivity index (χ0v) is 10.2. The van der Waals surface area contributed by atoms with Crippen molar-refractivity contribution in [1.29, 1.82) is 0 Å². The highest BCUT2D eigenvalue weighted by Crippen LogP contribution is 2.19. The van der Waals surface area contributed by atoms with E-state index in [9.17, 15) is 5.11 Å². The molecule has 84 valence electrons. The van der Waals surface area contributed by atoms with Crippen LogP contribution in [0.5, 0.6) is 0 Å². The molecular weight excluding hydrogens is 258 g/mol. The van der Waals surface area contributed by atoms with Crippen molar-refractivity contribution in [2.45, 2.75) is 44.4 Å². The molecule has 2 atom stereocenters. The zero-order valence-electron chi connectivity index (χ0n) is 8.58. The minimum Gasteiger partial charge on any atom is -0.453 e. The summed E-state index contributed by atoms with van der Waals surface area (Å²) in [5.41, 5.74) is 0. The summed E-state index contributed by atoms with van der Waals surface area (Å²) in [6.45, 7) is 0.688. The molecule has 3 nitrogen and oxygen atoms in total. The molecule has 2 unspecified atom stereocenters. The Morgan fingerprint density at radius 3 is 2.87 bits per heavy atom. The highest BCUT2D eigenvalue weighted by atomic mass is 79.9. The van der Waals surface area contributed by atoms with Gasteiger partial charge in [-0.1, -0.05) is 12.8 Å². The molecule has 0 amide bonds. The van der Waals surface area contributed by atoms with Crippen molar-refractivity contribution in [1.82, 2.24) is 5.32 Å². The molecule has 0 bridgehead atoms. The summed E-state index contributed by atoms with van der Waals surface area (Å²) in [7, 11) is 0. The maximum Gasteiger partial charge on any atom is 0.169 e. The van der Waals surface area contributed by atoms with Crippen LogP contribution in [0.4, 0.5) is 0 Å². The minimum atomic E-state index is -0.197. The predicted molar refractivity (Wildman–Crippen MR) is 61.5 cm³/mol. The number of rotatable bonds is 3. The Labute approximate surface area is 98.0 Å². The minimum absolute atomic E-state index is 0.197. The van der Waals surface area contributed by atoms with Crippen LogP contribution in [-0.2, 0) is 6.54 Å². The van der Waals surface area contributed by atoms with Crippen LogP contribution < -0.4 is 5.32 Å². The van der Waals surface area contributed by atoms with Crippen molar-refractivity contribution in [2.75, 3.05) is 0 Å². The summed E-state index contributed by atoms with van der Waals surface area (Å²) < 4.78 is 6.14. The molecule has 15 heavy (non-hydrogen) atoms. The molecule has 1 heterocycles. The standard InChI is InChI=1S/C11H16BrNO2/c12-11-6-5-8(15-11)7-13-9-3-1-2-4-10(9)14/h5-6,9-10,13-14H,1-4,7H2. The summed E-state index contributed by atoms with van der Waals surface area (Å²) in [5, 5.41) is 13.1. The van der Waals surface area contributed by atoms with Gasteiger partial charge in [0.1, 0.15) is 5.76 Å². The van der Waals surface area contributed by atoms with Gasteiger partial charge in [-0.05, 0) is 40.9 Å². The summed E-state index contributed by atoms with van der Waals surface area (Å²) in [4.78, 5) is 0. The molecule has 0 radical (unpaired) electrons. The second-order valence-electron chi connectivity index (χ2n) is 4.05. The van der Waals surface area contributed by atoms with Crippen molar-refractivity contribution in [3.8, 4) is 0 Å². The number of aliphatic hydroxyl groups excluding tert-OH is 1. The van der Waals surface area contributed by atoms with Gasteiger partial charge in [0.05, 0.1) is 12.6 Å². The van der Waals surface area contributed by atoms with E-state index in [2.05, 4.69) is 21.2 Å². The zero-order chi connectivity index (χ0) is 10.7. The fraction of sp³-hybridized carbons (Fsp3) is 0.636. The average molecular weight is 274 g/mol. The molecule has 4 heteroatoms. The predicted octanol–water partition coefficient (Wildman–Crippen LogP) is 2.44. The highest BCUT2D eigenvalue weighted by Gasteiger charge is 2.22. The van der Waals surface area contributed by atoms with E-state index in [0.717, 1.165) is 29.7 Å². The molecule has 1 aliphatic rings. The lowest BCUT2D eigenvalue weighted by atomic mass is 9.92. The van der Waals surface area contributed by atoms with Crippen LogP contribution in [0.2, 0.25) is 0 Å². The molecule has 0 saturated heterocycles. The van der Waals surface area contributed by atoms with E-state index in [1.54, 1.807) is 0 Å². The second-order valence-corrected chi connectivity index (χ2v) is 4.83. The number of hydrogen-bond donors (Lipinski definition) is 2. The number of furan rings is 1. The first-order valence-corrected chi connectivity index (χ1v) is 6.20. The number of halogens is 1. The molecule has 0 aliphatic heterocycles. The van der Waals surface area contributed by atoms with Gasteiger partial charge in [0.25, 0.3) is 0 Å². The lowest BCUT2D eigenvalue weighted by molar-refractivity contribution is 0.0893. The van der Waals surface area contributed by atoms with Crippen molar-refractivity contribution in [3.05, 3.63) is 22.6 Å². The maximum absolute atomic E-state index is 9.75. The molecule has 2 N–H and O–H groups in total. The topological polar surface area (TPSA) is 45.4 Å². The Morgan fingerprint density at radius 1 is 1.40 bits per heavy atom. The third-order valence-corrected chi connectivity index (χ3v) is 3.32. The molecule has 1 saturated carbocycles. The number of nitrogens with one attached hydrogen (secondary N) is 1. The summed E-state index contributed by atoms with van der Waals surface area (Å²) >= 11 is 3.27. The van der Waals surface area contributed by atoms with Crippen molar-refractivity contribution in [3.63, 3.8) is 0 Å². The molecule has 0 aromatic carbocycles. The molecule has 1 aliphatic carbocycles. The smallest absolute Gasteiger partial charge is 0.169 e. The lowest BCUT2D eigenvalue weighted by Crippen LogP contribution is -2.41. The van der Waals surface area contributed by atoms with Gasteiger partial charge in [-0.2, -0.15) is 0 Å². The fourth-order valence-electron chi connectivity index (χ4n) is 2.03. The molecule has 1 aromatic rings. The fourth-order valence-corrected chi connectivity index (χ4v) is 2.37. The summed E-state index contributed by atoms with van der Waals surface area (Å²) in [6, 6.07) is 4.04. The number of aliphatic hydroxyl groups is 1. The highest BCUT2D eigenvalue weighted by molar-refractivity contribution is 9.10. The molecule has 1 aromatic heterocycles. The monoisotopic (exact) mass is 273 g/mol. The van der Waals surface area contributed by atoms with Crippen LogP contribution in [0.15, 0.2) is 21.2 Å². The third kappa shape index (κ3) is 3.06. The van der Waals surface area contributed by atoms with Crippen LogP contribution >= 0.6 is 15.9 Å². The van der Waals surface area contributed by atoms with Crippen molar-refractivity contribution in [2.24, 2.45) is 0 Å². The Morgan fingerprint density at radius 2 is 2.20 bits per heavy atom. The van der Waals surface area contributed by atoms with Gasteiger partial charge < -0.3 is 14.8 Å². The van der Waals surface area contributed by atoms with Crippen LogP contribution in [0.3, 0.4) is 0 Å². The summed E-state index contributed by atoms with van der Waals surface area (Å²) in [6.07, 6.45) is 4.13. The molecule has 1 fully saturated rings. The van der Waals surface area contributed by atoms with E-state index in [0.29, 0.717) is 6.54 Å². The van der Waals surface area contributed by atoms with Crippen LogP contribution in [0.25, 0.3) is 0 Å². The lowest BCUT2D eigenvalue weighted by Gasteiger charge is -2.28. The first-order chi connectivity index (χ1) is 7.25. The SMILES string of the molecule is OC1CCCCC1NCc1ccc(Br)o1. The van der Waals surface area contributed by atoms with Crippen LogP contribution in [0.1, 0.15) is 31.4 Å². The molecular formula is C11H16BrNO2. The Kier molecular flexibility index (Phi) is 3.83. The van der Waals surface area contributed by atoms with E-state index >= 15 is 0 Å². The van der Waals surface area contributed by atoms with Crippen LogP contribution in [0, 0.1) is 0 Å². The Balaban J connectivity index is 1.81. The van der Waals surface area contributed by atoms with E-state index in [1.807, 2.05) is 12.1 Å². The Hall–Kier alpha value is -0.320. The van der Waals surface area contributed by atoms with Crippen LogP contribution in [-0.4, -0.2) is 17.3 Å². The van der Waals surface area contributed by atoms with E-state index in [-0.39, 0.29) is 12.1 Å². The largest absolute Gasteiger partial charge is 0.453 e.